The highest BCUT2D eigenvalue weighted by atomic mass is 19.1. The van der Waals surface area contributed by atoms with Gasteiger partial charge in [-0.1, -0.05) is 0 Å². The lowest BCUT2D eigenvalue weighted by Crippen LogP contribution is -1.95. The third-order valence-corrected chi connectivity index (χ3v) is 1.26. The molecule has 0 atom stereocenters. The smallest absolute Gasteiger partial charge is 0.334 e. The van der Waals surface area contributed by atoms with Crippen molar-refractivity contribution in [2.24, 2.45) is 0 Å². The summed E-state index contributed by atoms with van der Waals surface area (Å²) in [7, 11) is 0. The average Bonchev–Trinajstić information content (AvgIpc) is 2.03. The molecular formula is C8H4FNO2. The van der Waals surface area contributed by atoms with Crippen LogP contribution in [0.3, 0.4) is 0 Å². The molecule has 0 saturated heterocycles. The van der Waals surface area contributed by atoms with Gasteiger partial charge in [-0.15, -0.1) is 0 Å². The zero-order valence-corrected chi connectivity index (χ0v) is 5.91. The summed E-state index contributed by atoms with van der Waals surface area (Å²) in [5.74, 6) is -1.94. The first-order chi connectivity index (χ1) is 5.63. The molecule has 12 heavy (non-hydrogen) atoms. The fourth-order valence-corrected chi connectivity index (χ4v) is 0.762. The highest BCUT2D eigenvalue weighted by Gasteiger charge is 2.05. The first-order valence-electron chi connectivity index (χ1n) is 3.05. The Labute approximate surface area is 67.9 Å². The molecule has 60 valence electrons. The quantitative estimate of drug-likeness (QED) is 0.647. The molecule has 1 aromatic rings. The van der Waals surface area contributed by atoms with Crippen molar-refractivity contribution in [2.75, 3.05) is 0 Å². The van der Waals surface area contributed by atoms with Gasteiger partial charge >= 0.3 is 5.97 Å². The second-order valence-electron chi connectivity index (χ2n) is 2.12. The number of carboxylic acids is 1. The Kier molecular flexibility index (Phi) is 2.06. The predicted molar refractivity (Wildman–Crippen MR) is 39.6 cm³/mol. The fourth-order valence-electron chi connectivity index (χ4n) is 0.762. The minimum absolute atomic E-state index is 0.00704. The molecule has 1 N–H and O–H groups in total. The molecule has 0 unspecified atom stereocenters. The van der Waals surface area contributed by atoms with E-state index in [-0.39, 0.29) is 11.3 Å². The molecular weight excluding hydrogens is 161 g/mol. The summed E-state index contributed by atoms with van der Waals surface area (Å²) >= 11 is 0. The molecule has 0 fully saturated rings. The van der Waals surface area contributed by atoms with Gasteiger partial charge < -0.3 is 5.11 Å². The van der Waals surface area contributed by atoms with E-state index in [0.717, 1.165) is 18.2 Å². The van der Waals surface area contributed by atoms with Crippen molar-refractivity contribution < 1.29 is 14.3 Å². The number of carboxylic acid groups (broad SMARTS) is 1. The zero-order chi connectivity index (χ0) is 9.14. The van der Waals surface area contributed by atoms with Crippen LogP contribution >= 0.6 is 0 Å². The van der Waals surface area contributed by atoms with E-state index in [0.29, 0.717) is 0 Å². The van der Waals surface area contributed by atoms with Crippen LogP contribution in [0.25, 0.3) is 4.85 Å². The lowest BCUT2D eigenvalue weighted by atomic mass is 10.2. The second-order valence-corrected chi connectivity index (χ2v) is 2.12. The van der Waals surface area contributed by atoms with Crippen molar-refractivity contribution in [3.05, 3.63) is 41.0 Å². The first kappa shape index (κ1) is 8.21. The summed E-state index contributed by atoms with van der Waals surface area (Å²) in [6.45, 7) is 6.54. The Morgan fingerprint density at radius 2 is 2.17 bits per heavy atom. The lowest BCUT2D eigenvalue weighted by molar-refractivity contribution is 0.0696. The van der Waals surface area contributed by atoms with Crippen LogP contribution in [0.5, 0.6) is 0 Å². The van der Waals surface area contributed by atoms with Gasteiger partial charge in [-0.25, -0.2) is 14.0 Å². The minimum atomic E-state index is -1.24. The van der Waals surface area contributed by atoms with Crippen LogP contribution in [0.15, 0.2) is 18.2 Å². The molecule has 0 aromatic heterocycles. The highest BCUT2D eigenvalue weighted by molar-refractivity contribution is 5.88. The summed E-state index contributed by atoms with van der Waals surface area (Å²) in [6.07, 6.45) is 0. The predicted octanol–water partition coefficient (Wildman–Crippen LogP) is 2.07. The molecule has 4 heteroatoms. The van der Waals surface area contributed by atoms with E-state index >= 15 is 0 Å². The Morgan fingerprint density at radius 1 is 1.50 bits per heavy atom. The third kappa shape index (κ3) is 1.58. The summed E-state index contributed by atoms with van der Waals surface area (Å²) < 4.78 is 12.6. The monoisotopic (exact) mass is 165 g/mol. The lowest BCUT2D eigenvalue weighted by Gasteiger charge is -1.95. The number of nitrogens with zero attached hydrogens (tertiary/aromatic N) is 1. The van der Waals surface area contributed by atoms with Crippen LogP contribution in [-0.4, -0.2) is 11.1 Å². The molecule has 0 saturated carbocycles. The summed E-state index contributed by atoms with van der Waals surface area (Å²) in [6, 6.07) is 2.98. The van der Waals surface area contributed by atoms with Crippen LogP contribution in [0.2, 0.25) is 0 Å². The molecule has 3 nitrogen and oxygen atoms in total. The molecule has 0 heterocycles. The SMILES string of the molecule is [C-]#[N+]c1cc(F)cc(C(=O)O)c1. The Bertz CT molecular complexity index is 368. The number of rotatable bonds is 1. The number of aromatic carboxylic acids is 1. The third-order valence-electron chi connectivity index (χ3n) is 1.26. The maximum absolute atomic E-state index is 12.6. The number of hydrogen-bond donors (Lipinski definition) is 1. The molecule has 1 rings (SSSR count). The van der Waals surface area contributed by atoms with E-state index in [9.17, 15) is 9.18 Å². The molecule has 0 spiro atoms. The van der Waals surface area contributed by atoms with Crippen molar-refractivity contribution in [1.82, 2.24) is 0 Å². The van der Waals surface area contributed by atoms with Gasteiger partial charge in [0.15, 0.2) is 5.69 Å². The Morgan fingerprint density at radius 3 is 2.67 bits per heavy atom. The summed E-state index contributed by atoms with van der Waals surface area (Å²) in [5, 5.41) is 8.46. The summed E-state index contributed by atoms with van der Waals surface area (Å²) in [4.78, 5) is 13.3. The van der Waals surface area contributed by atoms with Crippen LogP contribution in [0.1, 0.15) is 10.4 Å². The van der Waals surface area contributed by atoms with E-state index in [1.165, 1.54) is 0 Å². The van der Waals surface area contributed by atoms with Gasteiger partial charge in [0.2, 0.25) is 0 Å². The van der Waals surface area contributed by atoms with E-state index in [4.69, 9.17) is 11.7 Å². The zero-order valence-electron chi connectivity index (χ0n) is 5.91. The van der Waals surface area contributed by atoms with Crippen molar-refractivity contribution in [2.45, 2.75) is 0 Å². The van der Waals surface area contributed by atoms with Crippen molar-refractivity contribution in [3.8, 4) is 0 Å². The molecule has 0 amide bonds. The van der Waals surface area contributed by atoms with Crippen LogP contribution < -0.4 is 0 Å². The van der Waals surface area contributed by atoms with Crippen LogP contribution in [-0.2, 0) is 0 Å². The Hall–Kier alpha value is -1.89. The number of benzene rings is 1. The normalized spacial score (nSPS) is 9.00. The van der Waals surface area contributed by atoms with Crippen molar-refractivity contribution in [3.63, 3.8) is 0 Å². The highest BCUT2D eigenvalue weighted by Crippen LogP contribution is 2.16. The fraction of sp³-hybridized carbons (Fsp3) is 0. The first-order valence-corrected chi connectivity index (χ1v) is 3.05. The number of halogens is 1. The molecule has 0 aliphatic heterocycles. The van der Waals surface area contributed by atoms with Crippen molar-refractivity contribution in [1.29, 1.82) is 0 Å². The molecule has 0 bridgehead atoms. The Balaban J connectivity index is 3.26. The standard InChI is InChI=1S/C8H4FNO2/c1-10-7-3-5(8(11)12)2-6(9)4-7/h2-4H,(H,11,12). The van der Waals surface area contributed by atoms with E-state index in [1.54, 1.807) is 0 Å². The maximum atomic E-state index is 12.6. The van der Waals surface area contributed by atoms with Gasteiger partial charge in [0.25, 0.3) is 0 Å². The van der Waals surface area contributed by atoms with Gasteiger partial charge in [0.1, 0.15) is 5.82 Å². The van der Waals surface area contributed by atoms with E-state index < -0.39 is 11.8 Å². The number of hydrogen-bond acceptors (Lipinski definition) is 1. The van der Waals surface area contributed by atoms with Gasteiger partial charge in [-0.2, -0.15) is 0 Å². The average molecular weight is 165 g/mol. The molecule has 0 aliphatic carbocycles. The van der Waals surface area contributed by atoms with E-state index in [1.807, 2.05) is 0 Å². The molecule has 0 radical (unpaired) electrons. The van der Waals surface area contributed by atoms with Gasteiger partial charge in [0, 0.05) is 0 Å². The maximum Gasteiger partial charge on any atom is 0.334 e. The van der Waals surface area contributed by atoms with Crippen molar-refractivity contribution >= 4 is 11.7 Å². The van der Waals surface area contributed by atoms with Gasteiger partial charge in [0.05, 0.1) is 12.1 Å². The molecule has 0 aliphatic rings. The number of carbonyl (C=O) groups is 1. The molecule has 1 aromatic carbocycles. The minimum Gasteiger partial charge on any atom is -0.478 e. The summed E-state index contributed by atoms with van der Waals surface area (Å²) in [5.41, 5.74) is -0.214. The second kappa shape index (κ2) is 3.01. The van der Waals surface area contributed by atoms with E-state index in [2.05, 4.69) is 4.85 Å². The topological polar surface area (TPSA) is 41.7 Å². The van der Waals surface area contributed by atoms with Crippen LogP contribution in [0.4, 0.5) is 10.1 Å². The largest absolute Gasteiger partial charge is 0.478 e. The van der Waals surface area contributed by atoms with Gasteiger partial charge in [-0.05, 0) is 18.2 Å². The van der Waals surface area contributed by atoms with Gasteiger partial charge in [-0.3, -0.25) is 0 Å². The van der Waals surface area contributed by atoms with Crippen LogP contribution in [0, 0.1) is 12.4 Å².